The topological polar surface area (TPSA) is 12.0 Å². The van der Waals surface area contributed by atoms with Crippen LogP contribution in [-0.4, -0.2) is 12.6 Å². The lowest BCUT2D eigenvalue weighted by atomic mass is 10.0. The Bertz CT molecular complexity index is 164. The minimum absolute atomic E-state index is 0.692. The fourth-order valence-corrected chi connectivity index (χ4v) is 2.16. The smallest absolute Gasteiger partial charge is 0.0279 e. The molecule has 1 aliphatic carbocycles. The van der Waals surface area contributed by atoms with Gasteiger partial charge < -0.3 is 5.32 Å². The van der Waals surface area contributed by atoms with E-state index in [2.05, 4.69) is 25.2 Å². The number of nitrogens with one attached hydrogen (secondary N) is 1. The molecule has 1 rings (SSSR count). The molecule has 0 aromatic carbocycles. The van der Waals surface area contributed by atoms with Crippen LogP contribution in [0.1, 0.15) is 58.8 Å². The second-order valence-electron chi connectivity index (χ2n) is 4.32. The van der Waals surface area contributed by atoms with E-state index in [9.17, 15) is 0 Å². The third kappa shape index (κ3) is 3.83. The SMILES string of the molecule is CCCCC(NCCC)C1=CCCC1. The van der Waals surface area contributed by atoms with Gasteiger partial charge in [0.15, 0.2) is 0 Å². The number of hydrogen-bond acceptors (Lipinski definition) is 1. The Morgan fingerprint density at radius 1 is 1.36 bits per heavy atom. The summed E-state index contributed by atoms with van der Waals surface area (Å²) in [6.07, 6.45) is 11.8. The van der Waals surface area contributed by atoms with Gasteiger partial charge in [0.05, 0.1) is 0 Å². The predicted octanol–water partition coefficient (Wildman–Crippen LogP) is 3.66. The molecule has 0 aliphatic heterocycles. The summed E-state index contributed by atoms with van der Waals surface area (Å²) < 4.78 is 0. The van der Waals surface area contributed by atoms with Gasteiger partial charge in [0.2, 0.25) is 0 Å². The average Bonchev–Trinajstić information content (AvgIpc) is 2.71. The molecule has 0 saturated carbocycles. The van der Waals surface area contributed by atoms with Crippen molar-refractivity contribution in [2.75, 3.05) is 6.54 Å². The summed E-state index contributed by atoms with van der Waals surface area (Å²) in [5.41, 5.74) is 1.69. The number of unbranched alkanes of at least 4 members (excludes halogenated alkanes) is 1. The minimum Gasteiger partial charge on any atom is -0.310 e. The molecule has 0 bridgehead atoms. The summed E-state index contributed by atoms with van der Waals surface area (Å²) >= 11 is 0. The van der Waals surface area contributed by atoms with Gasteiger partial charge >= 0.3 is 0 Å². The Morgan fingerprint density at radius 2 is 2.21 bits per heavy atom. The number of hydrogen-bond donors (Lipinski definition) is 1. The molecular weight excluding hydrogens is 170 g/mol. The van der Waals surface area contributed by atoms with Gasteiger partial charge in [0.25, 0.3) is 0 Å². The van der Waals surface area contributed by atoms with E-state index >= 15 is 0 Å². The maximum Gasteiger partial charge on any atom is 0.0279 e. The first-order valence-electron chi connectivity index (χ1n) is 6.30. The van der Waals surface area contributed by atoms with Crippen LogP contribution in [0.25, 0.3) is 0 Å². The van der Waals surface area contributed by atoms with Crippen LogP contribution in [0.5, 0.6) is 0 Å². The molecular formula is C13H25N. The summed E-state index contributed by atoms with van der Waals surface area (Å²) in [4.78, 5) is 0. The van der Waals surface area contributed by atoms with Gasteiger partial charge in [-0.1, -0.05) is 38.3 Å². The highest BCUT2D eigenvalue weighted by atomic mass is 14.9. The lowest BCUT2D eigenvalue weighted by molar-refractivity contribution is 0.505. The fourth-order valence-electron chi connectivity index (χ4n) is 2.16. The Kier molecular flexibility index (Phi) is 5.93. The first kappa shape index (κ1) is 11.8. The Morgan fingerprint density at radius 3 is 2.79 bits per heavy atom. The quantitative estimate of drug-likeness (QED) is 0.611. The molecule has 1 atom stereocenters. The molecule has 0 radical (unpaired) electrons. The molecule has 82 valence electrons. The van der Waals surface area contributed by atoms with Crippen molar-refractivity contribution >= 4 is 0 Å². The largest absolute Gasteiger partial charge is 0.310 e. The molecule has 1 aliphatic rings. The highest BCUT2D eigenvalue weighted by Crippen LogP contribution is 2.23. The van der Waals surface area contributed by atoms with E-state index in [0.717, 1.165) is 0 Å². The van der Waals surface area contributed by atoms with Crippen LogP contribution in [0.15, 0.2) is 11.6 Å². The van der Waals surface area contributed by atoms with Crippen LogP contribution in [0, 0.1) is 0 Å². The van der Waals surface area contributed by atoms with Crippen LogP contribution in [0.4, 0.5) is 0 Å². The van der Waals surface area contributed by atoms with E-state index in [1.165, 1.54) is 51.5 Å². The summed E-state index contributed by atoms with van der Waals surface area (Å²) in [5, 5.41) is 3.68. The van der Waals surface area contributed by atoms with E-state index in [1.54, 1.807) is 5.57 Å². The monoisotopic (exact) mass is 195 g/mol. The van der Waals surface area contributed by atoms with Crippen molar-refractivity contribution < 1.29 is 0 Å². The zero-order valence-electron chi connectivity index (χ0n) is 9.81. The van der Waals surface area contributed by atoms with Crippen LogP contribution >= 0.6 is 0 Å². The maximum atomic E-state index is 3.68. The van der Waals surface area contributed by atoms with Crippen molar-refractivity contribution in [3.63, 3.8) is 0 Å². The molecule has 14 heavy (non-hydrogen) atoms. The molecule has 0 fully saturated rings. The van der Waals surface area contributed by atoms with Crippen LogP contribution < -0.4 is 5.32 Å². The second kappa shape index (κ2) is 7.05. The molecule has 0 heterocycles. The van der Waals surface area contributed by atoms with Gasteiger partial charge in [-0.25, -0.2) is 0 Å². The van der Waals surface area contributed by atoms with Crippen molar-refractivity contribution in [1.82, 2.24) is 5.32 Å². The lowest BCUT2D eigenvalue weighted by Crippen LogP contribution is -2.31. The average molecular weight is 195 g/mol. The molecule has 1 N–H and O–H groups in total. The van der Waals surface area contributed by atoms with Gasteiger partial charge in [-0.05, 0) is 38.6 Å². The zero-order valence-corrected chi connectivity index (χ0v) is 9.81. The summed E-state index contributed by atoms with van der Waals surface area (Å²) in [5.74, 6) is 0. The van der Waals surface area contributed by atoms with Gasteiger partial charge in [0, 0.05) is 6.04 Å². The van der Waals surface area contributed by atoms with Crippen molar-refractivity contribution in [2.24, 2.45) is 0 Å². The molecule has 1 heteroatoms. The fraction of sp³-hybridized carbons (Fsp3) is 0.846. The van der Waals surface area contributed by atoms with Crippen LogP contribution in [-0.2, 0) is 0 Å². The zero-order chi connectivity index (χ0) is 10.2. The van der Waals surface area contributed by atoms with E-state index < -0.39 is 0 Å². The van der Waals surface area contributed by atoms with Gasteiger partial charge in [0.1, 0.15) is 0 Å². The Labute approximate surface area is 89.0 Å². The molecule has 1 nitrogen and oxygen atoms in total. The van der Waals surface area contributed by atoms with Crippen molar-refractivity contribution in [3.8, 4) is 0 Å². The van der Waals surface area contributed by atoms with E-state index in [4.69, 9.17) is 0 Å². The van der Waals surface area contributed by atoms with Gasteiger partial charge in [-0.2, -0.15) is 0 Å². The molecule has 1 unspecified atom stereocenters. The normalized spacial score (nSPS) is 18.3. The third-order valence-electron chi connectivity index (χ3n) is 3.01. The summed E-state index contributed by atoms with van der Waals surface area (Å²) in [6.45, 7) is 5.69. The Balaban J connectivity index is 2.34. The Hall–Kier alpha value is -0.300. The van der Waals surface area contributed by atoms with Gasteiger partial charge in [-0.15, -0.1) is 0 Å². The molecule has 0 aromatic heterocycles. The molecule has 0 spiro atoms. The first-order valence-corrected chi connectivity index (χ1v) is 6.30. The second-order valence-corrected chi connectivity index (χ2v) is 4.32. The highest BCUT2D eigenvalue weighted by Gasteiger charge is 2.15. The third-order valence-corrected chi connectivity index (χ3v) is 3.01. The first-order chi connectivity index (χ1) is 6.88. The van der Waals surface area contributed by atoms with Gasteiger partial charge in [-0.3, -0.25) is 0 Å². The number of allylic oxidation sites excluding steroid dienone is 1. The summed E-state index contributed by atoms with van der Waals surface area (Å²) in [7, 11) is 0. The van der Waals surface area contributed by atoms with Crippen molar-refractivity contribution in [1.29, 1.82) is 0 Å². The number of rotatable bonds is 7. The standard InChI is InChI=1S/C13H25N/c1-3-5-10-13(14-11-4-2)12-8-6-7-9-12/h8,13-14H,3-7,9-11H2,1-2H3. The van der Waals surface area contributed by atoms with E-state index in [0.29, 0.717) is 6.04 Å². The van der Waals surface area contributed by atoms with Crippen molar-refractivity contribution in [2.45, 2.75) is 64.8 Å². The highest BCUT2D eigenvalue weighted by molar-refractivity contribution is 5.15. The van der Waals surface area contributed by atoms with E-state index in [1.807, 2.05) is 0 Å². The lowest BCUT2D eigenvalue weighted by Gasteiger charge is -2.19. The van der Waals surface area contributed by atoms with E-state index in [-0.39, 0.29) is 0 Å². The van der Waals surface area contributed by atoms with Crippen LogP contribution in [0.3, 0.4) is 0 Å². The maximum absolute atomic E-state index is 3.68. The molecule has 0 amide bonds. The minimum atomic E-state index is 0.692. The van der Waals surface area contributed by atoms with Crippen molar-refractivity contribution in [3.05, 3.63) is 11.6 Å². The van der Waals surface area contributed by atoms with Crippen LogP contribution in [0.2, 0.25) is 0 Å². The molecule has 0 saturated heterocycles. The summed E-state index contributed by atoms with van der Waals surface area (Å²) in [6, 6.07) is 0.692. The predicted molar refractivity (Wildman–Crippen MR) is 63.5 cm³/mol. The molecule has 0 aromatic rings.